The lowest BCUT2D eigenvalue weighted by Crippen LogP contribution is -2.78. The first-order valence-corrected chi connectivity index (χ1v) is 7.41. The number of alkyl halides is 18. The van der Waals surface area contributed by atoms with Crippen LogP contribution in [0.5, 0.6) is 0 Å². The van der Waals surface area contributed by atoms with Crippen LogP contribution >= 0.6 is 0 Å². The van der Waals surface area contributed by atoms with E-state index in [-0.39, 0.29) is 13.2 Å². The Morgan fingerprint density at radius 2 is 0.818 bits per heavy atom. The molecule has 0 amide bonds. The summed E-state index contributed by atoms with van der Waals surface area (Å²) in [6.07, 6.45) is -44.2. The molecule has 0 saturated carbocycles. The molecule has 20 heteroatoms. The highest BCUT2D eigenvalue weighted by atomic mass is 19.4. The number of halogens is 18. The standard InChI is InChI=1S/C13H8F18O2/c1-3-32-4(2)33-8(16,13(29,30)31)5(6(14,9(17,18)19)10(20,21)22)7(15,11(23,24)25)12(26,27)28/h3-5H,1H2,2H3. The van der Waals surface area contributed by atoms with Crippen LogP contribution in [0.1, 0.15) is 6.92 Å². The molecule has 33 heavy (non-hydrogen) atoms. The van der Waals surface area contributed by atoms with E-state index in [1.54, 1.807) is 0 Å². The minimum atomic E-state index is -8.50. The second-order valence-electron chi connectivity index (χ2n) is 5.98. The summed E-state index contributed by atoms with van der Waals surface area (Å²) < 4.78 is 245. The summed E-state index contributed by atoms with van der Waals surface area (Å²) in [5, 5.41) is 0. The predicted octanol–water partition coefficient (Wildman–Crippen LogP) is 7.02. The molecule has 0 aliphatic carbocycles. The van der Waals surface area contributed by atoms with Crippen molar-refractivity contribution in [3.63, 3.8) is 0 Å². The van der Waals surface area contributed by atoms with Gasteiger partial charge in [-0.2, -0.15) is 65.9 Å². The third-order valence-electron chi connectivity index (χ3n) is 3.83. The molecule has 0 bridgehead atoms. The van der Waals surface area contributed by atoms with E-state index in [4.69, 9.17) is 0 Å². The molecule has 0 rings (SSSR count). The van der Waals surface area contributed by atoms with Crippen LogP contribution in [0.3, 0.4) is 0 Å². The number of hydrogen-bond acceptors (Lipinski definition) is 2. The summed E-state index contributed by atoms with van der Waals surface area (Å²) in [6.45, 7) is 2.41. The molecular formula is C13H8F18O2. The lowest BCUT2D eigenvalue weighted by Gasteiger charge is -2.49. The van der Waals surface area contributed by atoms with Crippen LogP contribution in [0.4, 0.5) is 79.0 Å². The highest BCUT2D eigenvalue weighted by molar-refractivity contribution is 5.18. The third kappa shape index (κ3) is 5.03. The molecule has 0 aromatic heterocycles. The van der Waals surface area contributed by atoms with Crippen molar-refractivity contribution in [3.05, 3.63) is 12.8 Å². The van der Waals surface area contributed by atoms with Crippen molar-refractivity contribution in [1.29, 1.82) is 0 Å². The molecule has 0 aromatic rings. The molecule has 2 atom stereocenters. The molecule has 0 fully saturated rings. The topological polar surface area (TPSA) is 18.5 Å². The Balaban J connectivity index is 8.05. The van der Waals surface area contributed by atoms with Crippen molar-refractivity contribution in [2.45, 2.75) is 61.3 Å². The van der Waals surface area contributed by atoms with Gasteiger partial charge in [0.15, 0.2) is 6.29 Å². The van der Waals surface area contributed by atoms with Crippen LogP contribution in [0.25, 0.3) is 0 Å². The third-order valence-corrected chi connectivity index (χ3v) is 3.83. The van der Waals surface area contributed by atoms with E-state index in [1.165, 1.54) is 0 Å². The molecule has 0 radical (unpaired) electrons. The summed E-state index contributed by atoms with van der Waals surface area (Å²) in [7, 11) is 0. The van der Waals surface area contributed by atoms with Gasteiger partial charge in [0.25, 0.3) is 0 Å². The molecule has 0 heterocycles. The fourth-order valence-electron chi connectivity index (χ4n) is 2.47. The van der Waals surface area contributed by atoms with Gasteiger partial charge in [-0.25, -0.2) is 13.2 Å². The molecule has 198 valence electrons. The van der Waals surface area contributed by atoms with Gasteiger partial charge in [-0.3, -0.25) is 4.74 Å². The van der Waals surface area contributed by atoms with Crippen molar-refractivity contribution < 1.29 is 88.5 Å². The molecule has 0 aliphatic rings. The molecule has 0 aromatic carbocycles. The van der Waals surface area contributed by atoms with E-state index in [2.05, 4.69) is 16.1 Å². The molecule has 0 spiro atoms. The predicted molar refractivity (Wildman–Crippen MR) is 67.1 cm³/mol. The molecule has 0 aliphatic heterocycles. The first kappa shape index (κ1) is 31.2. The zero-order valence-corrected chi connectivity index (χ0v) is 15.1. The van der Waals surface area contributed by atoms with Crippen LogP contribution in [0.2, 0.25) is 0 Å². The molecular weight excluding hydrogens is 530 g/mol. The summed E-state index contributed by atoms with van der Waals surface area (Å²) in [5.41, 5.74) is -17.0. The molecule has 0 saturated heterocycles. The fourth-order valence-corrected chi connectivity index (χ4v) is 2.47. The minimum absolute atomic E-state index is 0.108. The first-order valence-electron chi connectivity index (χ1n) is 7.41. The highest BCUT2D eigenvalue weighted by Crippen LogP contribution is 2.67. The zero-order chi connectivity index (χ0) is 27.3. The Labute approximate surface area is 170 Å². The maximum Gasteiger partial charge on any atom is 0.449 e. The Kier molecular flexibility index (Phi) is 8.02. The van der Waals surface area contributed by atoms with E-state index >= 15 is 0 Å². The van der Waals surface area contributed by atoms with Crippen molar-refractivity contribution in [1.82, 2.24) is 0 Å². The maximum absolute atomic E-state index is 14.7. The Bertz CT molecular complexity index is 616. The first-order chi connectivity index (χ1) is 14.1. The van der Waals surface area contributed by atoms with E-state index in [1.807, 2.05) is 0 Å². The van der Waals surface area contributed by atoms with Gasteiger partial charge in [0.05, 0.1) is 6.26 Å². The molecule has 2 nitrogen and oxygen atoms in total. The second-order valence-corrected chi connectivity index (χ2v) is 5.98. The summed E-state index contributed by atoms with van der Waals surface area (Å²) in [6, 6.07) is 0. The van der Waals surface area contributed by atoms with Crippen LogP contribution in [-0.2, 0) is 9.47 Å². The lowest BCUT2D eigenvalue weighted by atomic mass is 9.70. The summed E-state index contributed by atoms with van der Waals surface area (Å²) in [4.78, 5) is 0. The average molecular weight is 538 g/mol. The van der Waals surface area contributed by atoms with E-state index < -0.39 is 60.3 Å². The summed E-state index contributed by atoms with van der Waals surface area (Å²) in [5.74, 6) is -15.1. The van der Waals surface area contributed by atoms with Gasteiger partial charge in [0, 0.05) is 0 Å². The van der Waals surface area contributed by atoms with Gasteiger partial charge < -0.3 is 4.74 Å². The van der Waals surface area contributed by atoms with Crippen LogP contribution in [-0.4, -0.2) is 54.4 Å². The minimum Gasteiger partial charge on any atom is -0.473 e. The number of rotatable bonds is 7. The average Bonchev–Trinajstić information content (AvgIpc) is 2.49. The monoisotopic (exact) mass is 538 g/mol. The Morgan fingerprint density at radius 3 is 1.00 bits per heavy atom. The number of hydrogen-bond donors (Lipinski definition) is 0. The summed E-state index contributed by atoms with van der Waals surface area (Å²) >= 11 is 0. The normalized spacial score (nSPS) is 18.2. The van der Waals surface area contributed by atoms with Crippen molar-refractivity contribution in [2.24, 2.45) is 5.92 Å². The Hall–Kier alpha value is -1.76. The van der Waals surface area contributed by atoms with Gasteiger partial charge in [0.1, 0.15) is 5.92 Å². The van der Waals surface area contributed by atoms with E-state index in [9.17, 15) is 79.0 Å². The van der Waals surface area contributed by atoms with Crippen molar-refractivity contribution in [2.75, 3.05) is 0 Å². The van der Waals surface area contributed by atoms with Crippen LogP contribution < -0.4 is 0 Å². The lowest BCUT2D eigenvalue weighted by molar-refractivity contribution is -0.483. The van der Waals surface area contributed by atoms with Crippen LogP contribution in [0, 0.1) is 5.92 Å². The van der Waals surface area contributed by atoms with E-state index in [0.717, 1.165) is 0 Å². The van der Waals surface area contributed by atoms with Crippen LogP contribution in [0.15, 0.2) is 12.8 Å². The van der Waals surface area contributed by atoms with E-state index in [0.29, 0.717) is 0 Å². The number of ether oxygens (including phenoxy) is 2. The van der Waals surface area contributed by atoms with Gasteiger partial charge in [-0.15, -0.1) is 0 Å². The smallest absolute Gasteiger partial charge is 0.449 e. The highest BCUT2D eigenvalue weighted by Gasteiger charge is 2.95. The van der Waals surface area contributed by atoms with Crippen molar-refractivity contribution >= 4 is 0 Å². The van der Waals surface area contributed by atoms with Gasteiger partial charge in [-0.05, 0) is 6.92 Å². The second kappa shape index (κ2) is 8.47. The molecule has 0 N–H and O–H groups in total. The SMILES string of the molecule is C=COC(C)OC(F)(C(C(F)(C(F)(F)F)C(F)(F)F)C(F)(C(F)(F)F)C(F)(F)F)C(F)(F)F. The van der Waals surface area contributed by atoms with Gasteiger partial charge in [-0.1, -0.05) is 6.58 Å². The Morgan fingerprint density at radius 1 is 0.545 bits per heavy atom. The quantitative estimate of drug-likeness (QED) is 0.197. The largest absolute Gasteiger partial charge is 0.473 e. The maximum atomic E-state index is 14.7. The fraction of sp³-hybridized carbons (Fsp3) is 0.846. The molecule has 2 unspecified atom stereocenters. The van der Waals surface area contributed by atoms with Gasteiger partial charge >= 0.3 is 48.1 Å². The zero-order valence-electron chi connectivity index (χ0n) is 15.1. The van der Waals surface area contributed by atoms with Crippen molar-refractivity contribution in [3.8, 4) is 0 Å². The van der Waals surface area contributed by atoms with Gasteiger partial charge in [0.2, 0.25) is 0 Å².